The van der Waals surface area contributed by atoms with Crippen molar-refractivity contribution in [2.75, 3.05) is 39.9 Å². The van der Waals surface area contributed by atoms with E-state index >= 15 is 0 Å². The van der Waals surface area contributed by atoms with Crippen LogP contribution in [0.1, 0.15) is 12.5 Å². The third-order valence-corrected chi connectivity index (χ3v) is 7.11. The molecule has 0 aromatic heterocycles. The van der Waals surface area contributed by atoms with E-state index < -0.39 is 10.0 Å². The van der Waals surface area contributed by atoms with Gasteiger partial charge in [-0.25, -0.2) is 8.42 Å². The quantitative estimate of drug-likeness (QED) is 0.628. The Morgan fingerprint density at radius 3 is 2.35 bits per heavy atom. The molecule has 0 N–H and O–H groups in total. The van der Waals surface area contributed by atoms with E-state index in [1.165, 1.54) is 16.4 Å². The van der Waals surface area contributed by atoms with Gasteiger partial charge in [0.1, 0.15) is 0 Å². The van der Waals surface area contributed by atoms with Gasteiger partial charge in [0, 0.05) is 31.2 Å². The van der Waals surface area contributed by atoms with Crippen LogP contribution in [0.15, 0.2) is 53.4 Å². The van der Waals surface area contributed by atoms with Crippen LogP contribution in [0.2, 0.25) is 5.02 Å². The van der Waals surface area contributed by atoms with Crippen LogP contribution < -0.4 is 9.47 Å². The Balaban J connectivity index is 1.56. The van der Waals surface area contributed by atoms with Crippen molar-refractivity contribution in [2.45, 2.75) is 11.8 Å². The molecule has 1 aliphatic rings. The molecule has 0 spiro atoms. The number of nitrogens with zero attached hydrogens (tertiary/aromatic N) is 2. The number of amides is 1. The van der Waals surface area contributed by atoms with Crippen molar-refractivity contribution in [3.05, 3.63) is 59.1 Å². The van der Waals surface area contributed by atoms with Gasteiger partial charge in [0.15, 0.2) is 18.1 Å². The number of rotatable bonds is 7. The number of allylic oxidation sites excluding steroid dienone is 1. The Morgan fingerprint density at radius 2 is 1.74 bits per heavy atom. The van der Waals surface area contributed by atoms with Crippen LogP contribution in [0.25, 0.3) is 6.08 Å². The lowest BCUT2D eigenvalue weighted by Crippen LogP contribution is -2.51. The van der Waals surface area contributed by atoms with Crippen molar-refractivity contribution in [3.8, 4) is 11.5 Å². The molecule has 0 aliphatic carbocycles. The van der Waals surface area contributed by atoms with E-state index in [1.807, 2.05) is 31.2 Å². The second-order valence-electron chi connectivity index (χ2n) is 6.94. The molecule has 31 heavy (non-hydrogen) atoms. The summed E-state index contributed by atoms with van der Waals surface area (Å²) in [5.74, 6) is 0.818. The summed E-state index contributed by atoms with van der Waals surface area (Å²) in [6.45, 7) is 2.81. The first-order valence-electron chi connectivity index (χ1n) is 9.82. The summed E-state index contributed by atoms with van der Waals surface area (Å²) in [7, 11) is -2.07. The van der Waals surface area contributed by atoms with Gasteiger partial charge in [-0.2, -0.15) is 4.31 Å². The lowest BCUT2D eigenvalue weighted by Gasteiger charge is -2.34. The van der Waals surface area contributed by atoms with E-state index in [9.17, 15) is 13.2 Å². The highest BCUT2D eigenvalue weighted by atomic mass is 35.5. The van der Waals surface area contributed by atoms with E-state index in [1.54, 1.807) is 30.2 Å². The fourth-order valence-corrected chi connectivity index (χ4v) is 4.81. The molecule has 1 heterocycles. The normalized spacial score (nSPS) is 15.3. The number of piperazine rings is 1. The van der Waals surface area contributed by atoms with Crippen LogP contribution in [0, 0.1) is 0 Å². The third-order valence-electron chi connectivity index (χ3n) is 4.94. The van der Waals surface area contributed by atoms with Gasteiger partial charge in [-0.15, -0.1) is 0 Å². The highest BCUT2D eigenvalue weighted by Gasteiger charge is 2.30. The van der Waals surface area contributed by atoms with Gasteiger partial charge in [0.2, 0.25) is 10.0 Å². The van der Waals surface area contributed by atoms with E-state index in [-0.39, 0.29) is 30.5 Å². The predicted octanol–water partition coefficient (Wildman–Crippen LogP) is 3.29. The minimum absolute atomic E-state index is 0.150. The lowest BCUT2D eigenvalue weighted by atomic mass is 10.2. The minimum atomic E-state index is -3.62. The summed E-state index contributed by atoms with van der Waals surface area (Å²) in [5, 5.41) is 0.475. The molecule has 0 saturated carbocycles. The van der Waals surface area contributed by atoms with E-state index in [2.05, 4.69) is 0 Å². The number of carbonyl (C=O) groups is 1. The van der Waals surface area contributed by atoms with Crippen molar-refractivity contribution in [1.29, 1.82) is 0 Å². The molecule has 0 radical (unpaired) electrons. The zero-order valence-corrected chi connectivity index (χ0v) is 19.0. The topological polar surface area (TPSA) is 76.2 Å². The summed E-state index contributed by atoms with van der Waals surface area (Å²) in [6.07, 6.45) is 3.86. The summed E-state index contributed by atoms with van der Waals surface area (Å²) in [6, 6.07) is 11.5. The molecular formula is C22H25ClN2O5S. The molecule has 166 valence electrons. The SMILES string of the molecule is C/C=C/c1ccc(OCC(=O)N2CCN(S(=O)(=O)c3ccc(Cl)cc3)CC2)c(OC)c1. The van der Waals surface area contributed by atoms with Crippen LogP contribution in [-0.4, -0.2) is 63.4 Å². The minimum Gasteiger partial charge on any atom is -0.493 e. The molecule has 1 fully saturated rings. The van der Waals surface area contributed by atoms with Gasteiger partial charge in [-0.1, -0.05) is 29.8 Å². The molecule has 0 unspecified atom stereocenters. The second-order valence-corrected chi connectivity index (χ2v) is 9.31. The molecule has 3 rings (SSSR count). The molecule has 1 saturated heterocycles. The first kappa shape index (κ1) is 23.1. The number of benzene rings is 2. The van der Waals surface area contributed by atoms with E-state index in [0.717, 1.165) is 5.56 Å². The first-order chi connectivity index (χ1) is 14.8. The van der Waals surface area contributed by atoms with Crippen LogP contribution in [0.4, 0.5) is 0 Å². The largest absolute Gasteiger partial charge is 0.493 e. The molecule has 1 amide bonds. The van der Waals surface area contributed by atoms with Gasteiger partial charge in [0.05, 0.1) is 12.0 Å². The van der Waals surface area contributed by atoms with Crippen LogP contribution in [0.5, 0.6) is 11.5 Å². The Hall–Kier alpha value is -2.55. The Morgan fingerprint density at radius 1 is 1.06 bits per heavy atom. The van der Waals surface area contributed by atoms with Crippen LogP contribution in [-0.2, 0) is 14.8 Å². The smallest absolute Gasteiger partial charge is 0.260 e. The maximum absolute atomic E-state index is 12.8. The number of ether oxygens (including phenoxy) is 2. The zero-order chi connectivity index (χ0) is 22.4. The Bertz CT molecular complexity index is 1050. The number of halogens is 1. The zero-order valence-electron chi connectivity index (χ0n) is 17.5. The van der Waals surface area contributed by atoms with Crippen LogP contribution >= 0.6 is 11.6 Å². The highest BCUT2D eigenvalue weighted by Crippen LogP contribution is 2.28. The third kappa shape index (κ3) is 5.58. The Labute approximate surface area is 187 Å². The average Bonchev–Trinajstić information content (AvgIpc) is 2.78. The standard InChI is InChI=1S/C22H25ClN2O5S/c1-3-4-17-5-10-20(21(15-17)29-2)30-16-22(26)24-11-13-25(14-12-24)31(27,28)19-8-6-18(23)7-9-19/h3-10,15H,11-14,16H2,1-2H3/b4-3+. The molecule has 0 bridgehead atoms. The number of methoxy groups -OCH3 is 1. The van der Waals surface area contributed by atoms with Gasteiger partial charge >= 0.3 is 0 Å². The van der Waals surface area contributed by atoms with Gasteiger partial charge in [-0.05, 0) is 48.9 Å². The van der Waals surface area contributed by atoms with Gasteiger partial charge < -0.3 is 14.4 Å². The monoisotopic (exact) mass is 464 g/mol. The number of hydrogen-bond donors (Lipinski definition) is 0. The number of hydrogen-bond acceptors (Lipinski definition) is 5. The Kier molecular flexibility index (Phi) is 7.59. The van der Waals surface area contributed by atoms with E-state index in [0.29, 0.717) is 29.6 Å². The molecule has 2 aromatic rings. The molecule has 9 heteroatoms. The molecule has 7 nitrogen and oxygen atoms in total. The van der Waals surface area contributed by atoms with Gasteiger partial charge in [0.25, 0.3) is 5.91 Å². The second kappa shape index (κ2) is 10.2. The first-order valence-corrected chi connectivity index (χ1v) is 11.6. The summed E-state index contributed by atoms with van der Waals surface area (Å²) < 4.78 is 37.9. The number of sulfonamides is 1. The van der Waals surface area contributed by atoms with Crippen molar-refractivity contribution in [1.82, 2.24) is 9.21 Å². The fraction of sp³-hybridized carbons (Fsp3) is 0.318. The maximum atomic E-state index is 12.8. The van der Waals surface area contributed by atoms with Crippen LogP contribution in [0.3, 0.4) is 0 Å². The van der Waals surface area contributed by atoms with Crippen molar-refractivity contribution in [3.63, 3.8) is 0 Å². The van der Waals surface area contributed by atoms with Crippen molar-refractivity contribution in [2.24, 2.45) is 0 Å². The fourth-order valence-electron chi connectivity index (χ4n) is 3.26. The summed E-state index contributed by atoms with van der Waals surface area (Å²) in [5.41, 5.74) is 0.969. The lowest BCUT2D eigenvalue weighted by molar-refractivity contribution is -0.134. The summed E-state index contributed by atoms with van der Waals surface area (Å²) >= 11 is 5.84. The molecule has 0 atom stereocenters. The summed E-state index contributed by atoms with van der Waals surface area (Å²) in [4.78, 5) is 14.4. The molecule has 1 aliphatic heterocycles. The average molecular weight is 465 g/mol. The van der Waals surface area contributed by atoms with E-state index in [4.69, 9.17) is 21.1 Å². The maximum Gasteiger partial charge on any atom is 0.260 e. The number of carbonyl (C=O) groups excluding carboxylic acids is 1. The van der Waals surface area contributed by atoms with Crippen molar-refractivity contribution >= 4 is 33.6 Å². The molecular weight excluding hydrogens is 440 g/mol. The van der Waals surface area contributed by atoms with Gasteiger partial charge in [-0.3, -0.25) is 4.79 Å². The molecule has 2 aromatic carbocycles. The van der Waals surface area contributed by atoms with Crippen molar-refractivity contribution < 1.29 is 22.7 Å². The highest BCUT2D eigenvalue weighted by molar-refractivity contribution is 7.89. The predicted molar refractivity (Wildman–Crippen MR) is 120 cm³/mol.